The van der Waals surface area contributed by atoms with E-state index >= 15 is 0 Å². The number of carbonyl (C=O) groups is 1. The maximum absolute atomic E-state index is 10.8. The van der Waals surface area contributed by atoms with Gasteiger partial charge in [0.2, 0.25) is 0 Å². The number of nitrogen functional groups attached to an aromatic ring is 1. The Morgan fingerprint density at radius 1 is 1.00 bits per heavy atom. The van der Waals surface area contributed by atoms with Gasteiger partial charge in [-0.25, -0.2) is 4.79 Å². The number of hydrogen-bond acceptors (Lipinski definition) is 3. The van der Waals surface area contributed by atoms with Gasteiger partial charge in [0.25, 0.3) is 0 Å². The number of benzene rings is 3. The van der Waals surface area contributed by atoms with E-state index in [0.717, 1.165) is 56.9 Å². The molecule has 0 aliphatic rings. The van der Waals surface area contributed by atoms with E-state index < -0.39 is 5.97 Å². The van der Waals surface area contributed by atoms with Crippen LogP contribution in [-0.4, -0.2) is 21.3 Å². The number of anilines is 1. The average Bonchev–Trinajstić information content (AvgIpc) is 3.25. The van der Waals surface area contributed by atoms with Crippen molar-refractivity contribution in [3.8, 4) is 0 Å². The van der Waals surface area contributed by atoms with E-state index in [9.17, 15) is 4.79 Å². The molecule has 1 heterocycles. The predicted molar refractivity (Wildman–Crippen MR) is 126 cm³/mol. The summed E-state index contributed by atoms with van der Waals surface area (Å²) < 4.78 is 0. The number of carboxylic acids is 1. The lowest BCUT2D eigenvalue weighted by molar-refractivity contribution is -0.131. The normalized spacial score (nSPS) is 12.3. The molecule has 0 fully saturated rings. The minimum atomic E-state index is -0.963. The van der Waals surface area contributed by atoms with Crippen LogP contribution in [0.2, 0.25) is 0 Å². The second-order valence-electron chi connectivity index (χ2n) is 7.29. The maximum atomic E-state index is 10.8. The van der Waals surface area contributed by atoms with Crippen molar-refractivity contribution in [1.29, 1.82) is 0 Å². The van der Waals surface area contributed by atoms with Crippen molar-refractivity contribution in [1.82, 2.24) is 10.2 Å². The van der Waals surface area contributed by atoms with E-state index in [2.05, 4.69) is 41.4 Å². The van der Waals surface area contributed by atoms with Crippen LogP contribution < -0.4 is 5.73 Å². The summed E-state index contributed by atoms with van der Waals surface area (Å²) in [5, 5.41) is 17.1. The molecule has 0 aliphatic carbocycles. The molecule has 3 aromatic carbocycles. The Morgan fingerprint density at radius 3 is 2.35 bits per heavy atom. The molecule has 4 rings (SSSR count). The van der Waals surface area contributed by atoms with Crippen molar-refractivity contribution in [2.75, 3.05) is 5.73 Å². The van der Waals surface area contributed by atoms with Crippen molar-refractivity contribution in [3.63, 3.8) is 0 Å². The van der Waals surface area contributed by atoms with Crippen molar-refractivity contribution >= 4 is 39.8 Å². The van der Waals surface area contributed by atoms with Gasteiger partial charge in [-0.3, -0.25) is 5.10 Å². The third kappa shape index (κ3) is 4.41. The molecule has 0 saturated heterocycles. The average molecular weight is 409 g/mol. The fourth-order valence-corrected chi connectivity index (χ4v) is 3.75. The van der Waals surface area contributed by atoms with Gasteiger partial charge >= 0.3 is 5.97 Å². The van der Waals surface area contributed by atoms with Gasteiger partial charge in [-0.15, -0.1) is 0 Å². The van der Waals surface area contributed by atoms with Crippen LogP contribution in [-0.2, 0) is 4.79 Å². The molecule has 154 valence electrons. The smallest absolute Gasteiger partial charge is 0.328 e. The van der Waals surface area contributed by atoms with E-state index in [1.807, 2.05) is 48.7 Å². The van der Waals surface area contributed by atoms with Gasteiger partial charge in [-0.05, 0) is 70.2 Å². The van der Waals surface area contributed by atoms with Crippen LogP contribution >= 0.6 is 0 Å². The number of fused-ring (bicyclic) bond motifs is 1. The zero-order chi connectivity index (χ0) is 21.8. The highest BCUT2D eigenvalue weighted by Gasteiger charge is 2.14. The number of rotatable bonds is 6. The number of aromatic nitrogens is 2. The summed E-state index contributed by atoms with van der Waals surface area (Å²) in [4.78, 5) is 10.8. The molecule has 31 heavy (non-hydrogen) atoms. The van der Waals surface area contributed by atoms with Gasteiger partial charge < -0.3 is 10.8 Å². The maximum Gasteiger partial charge on any atom is 0.328 e. The molecule has 0 amide bonds. The highest BCUT2D eigenvalue weighted by Crippen LogP contribution is 2.35. The molecule has 0 saturated carbocycles. The van der Waals surface area contributed by atoms with Crippen LogP contribution in [0.25, 0.3) is 28.1 Å². The van der Waals surface area contributed by atoms with E-state index in [1.165, 1.54) is 5.57 Å². The van der Waals surface area contributed by atoms with E-state index in [1.54, 1.807) is 6.08 Å². The van der Waals surface area contributed by atoms with Gasteiger partial charge in [0, 0.05) is 17.1 Å². The minimum Gasteiger partial charge on any atom is -0.478 e. The molecular formula is C26H23N3O2. The lowest BCUT2D eigenvalue weighted by atomic mass is 9.87. The topological polar surface area (TPSA) is 92.0 Å². The molecule has 0 atom stereocenters. The Balaban J connectivity index is 1.89. The Bertz CT molecular complexity index is 1280. The van der Waals surface area contributed by atoms with Crippen molar-refractivity contribution in [2.24, 2.45) is 0 Å². The zero-order valence-electron chi connectivity index (χ0n) is 17.2. The summed E-state index contributed by atoms with van der Waals surface area (Å²) in [7, 11) is 0. The number of nitrogens with two attached hydrogens (primary N) is 1. The van der Waals surface area contributed by atoms with Gasteiger partial charge in [0.15, 0.2) is 0 Å². The molecule has 0 radical (unpaired) electrons. The van der Waals surface area contributed by atoms with Gasteiger partial charge in [-0.1, -0.05) is 49.4 Å². The fraction of sp³-hybridized carbons (Fsp3) is 0.0769. The van der Waals surface area contributed by atoms with Crippen molar-refractivity contribution < 1.29 is 9.90 Å². The molecule has 0 bridgehead atoms. The molecule has 5 heteroatoms. The molecular weight excluding hydrogens is 386 g/mol. The van der Waals surface area contributed by atoms with Crippen LogP contribution in [0.15, 0.2) is 79.0 Å². The number of H-pyrrole nitrogens is 1. The van der Waals surface area contributed by atoms with Gasteiger partial charge in [0.05, 0.1) is 11.7 Å². The van der Waals surface area contributed by atoms with Crippen LogP contribution in [0.3, 0.4) is 0 Å². The van der Waals surface area contributed by atoms with Crippen LogP contribution in [0.1, 0.15) is 35.6 Å². The highest BCUT2D eigenvalue weighted by atomic mass is 16.4. The molecule has 4 aromatic rings. The number of aliphatic carboxylic acids is 1. The molecule has 5 nitrogen and oxygen atoms in total. The van der Waals surface area contributed by atoms with Crippen LogP contribution in [0, 0.1) is 0 Å². The lowest BCUT2D eigenvalue weighted by Crippen LogP contribution is -1.96. The number of nitrogens with zero attached hydrogens (tertiary/aromatic N) is 1. The van der Waals surface area contributed by atoms with Gasteiger partial charge in [0.1, 0.15) is 0 Å². The zero-order valence-corrected chi connectivity index (χ0v) is 17.2. The largest absolute Gasteiger partial charge is 0.478 e. The van der Waals surface area contributed by atoms with E-state index in [0.29, 0.717) is 0 Å². The summed E-state index contributed by atoms with van der Waals surface area (Å²) in [6, 6.07) is 22.1. The monoisotopic (exact) mass is 409 g/mol. The van der Waals surface area contributed by atoms with Crippen molar-refractivity contribution in [3.05, 3.63) is 101 Å². The number of nitrogens with one attached hydrogen (secondary N) is 1. The standard InChI is InChI=1S/C26H23N3O2/c1-2-23(18-8-11-22(27)12-9-18)26(20-10-13-24-21(15-20)16-28-29-24)19-6-3-17(4-7-19)5-14-25(30)31/h3-16H,2,27H2,1H3,(H,28,29)(H,30,31)/b14-5+,26-23+. The summed E-state index contributed by atoms with van der Waals surface area (Å²) in [5.74, 6) is -0.963. The van der Waals surface area contributed by atoms with E-state index in [-0.39, 0.29) is 0 Å². The Kier molecular flexibility index (Phi) is 5.67. The molecule has 4 N–H and O–H groups in total. The number of allylic oxidation sites excluding steroid dienone is 1. The molecule has 1 aromatic heterocycles. The van der Waals surface area contributed by atoms with Gasteiger partial charge in [-0.2, -0.15) is 5.10 Å². The number of aromatic amines is 1. The first-order chi connectivity index (χ1) is 15.0. The third-order valence-corrected chi connectivity index (χ3v) is 5.26. The second kappa shape index (κ2) is 8.71. The Morgan fingerprint density at radius 2 is 1.68 bits per heavy atom. The summed E-state index contributed by atoms with van der Waals surface area (Å²) in [6.45, 7) is 2.14. The third-order valence-electron chi connectivity index (χ3n) is 5.26. The van der Waals surface area contributed by atoms with Crippen LogP contribution in [0.5, 0.6) is 0 Å². The van der Waals surface area contributed by atoms with Crippen molar-refractivity contribution in [2.45, 2.75) is 13.3 Å². The molecule has 0 aliphatic heterocycles. The molecule has 0 spiro atoms. The van der Waals surface area contributed by atoms with Crippen LogP contribution in [0.4, 0.5) is 5.69 Å². The molecule has 0 unspecified atom stereocenters. The Labute approximate surface area is 180 Å². The number of carboxylic acid groups (broad SMARTS) is 1. The fourth-order valence-electron chi connectivity index (χ4n) is 3.75. The summed E-state index contributed by atoms with van der Waals surface area (Å²) in [5.41, 5.74) is 14.1. The SMILES string of the molecule is CC/C(=C(/c1ccc(/C=C/C(=O)O)cc1)c1ccc2[nH]ncc2c1)c1ccc(N)cc1. The quantitative estimate of drug-likeness (QED) is 0.219. The first-order valence-electron chi connectivity index (χ1n) is 10.1. The summed E-state index contributed by atoms with van der Waals surface area (Å²) in [6.07, 6.45) is 5.40. The number of hydrogen-bond donors (Lipinski definition) is 3. The second-order valence-corrected chi connectivity index (χ2v) is 7.29. The highest BCUT2D eigenvalue weighted by molar-refractivity contribution is 6.00. The Hall–Kier alpha value is -4.12. The predicted octanol–water partition coefficient (Wildman–Crippen LogP) is 5.61. The minimum absolute atomic E-state index is 0.732. The lowest BCUT2D eigenvalue weighted by Gasteiger charge is -2.17. The first kappa shape index (κ1) is 20.2. The van der Waals surface area contributed by atoms with E-state index in [4.69, 9.17) is 10.8 Å². The first-order valence-corrected chi connectivity index (χ1v) is 10.1. The summed E-state index contributed by atoms with van der Waals surface area (Å²) >= 11 is 0.